The average molecular weight is 185 g/mol. The van der Waals surface area contributed by atoms with E-state index in [1.54, 1.807) is 7.11 Å². The molecule has 1 atom stereocenters. The number of nitrogens with one attached hydrogen (secondary N) is 1. The average Bonchev–Trinajstić information content (AvgIpc) is 2.92. The summed E-state index contributed by atoms with van der Waals surface area (Å²) >= 11 is 0. The minimum absolute atomic E-state index is 0.575. The first-order valence-corrected chi connectivity index (χ1v) is 5.47. The third-order valence-electron chi connectivity index (χ3n) is 3.32. The monoisotopic (exact) mass is 185 g/mol. The maximum atomic E-state index is 5.14. The van der Waals surface area contributed by atoms with E-state index in [0.717, 1.165) is 13.2 Å². The van der Waals surface area contributed by atoms with E-state index >= 15 is 0 Å². The van der Waals surface area contributed by atoms with Crippen molar-refractivity contribution in [3.8, 4) is 0 Å². The summed E-state index contributed by atoms with van der Waals surface area (Å²) in [6.07, 6.45) is 5.22. The zero-order chi connectivity index (χ0) is 9.73. The quantitative estimate of drug-likeness (QED) is 0.656. The van der Waals surface area contributed by atoms with Crippen LogP contribution in [0.4, 0.5) is 0 Å². The highest BCUT2D eigenvalue weighted by molar-refractivity contribution is 5.00. The van der Waals surface area contributed by atoms with Crippen LogP contribution in [0.3, 0.4) is 0 Å². The van der Waals surface area contributed by atoms with Gasteiger partial charge in [-0.2, -0.15) is 0 Å². The van der Waals surface area contributed by atoms with E-state index in [1.165, 1.54) is 25.7 Å². The zero-order valence-corrected chi connectivity index (χ0v) is 9.23. The molecule has 13 heavy (non-hydrogen) atoms. The molecule has 0 radical (unpaired) electrons. The maximum absolute atomic E-state index is 5.14. The van der Waals surface area contributed by atoms with Crippen LogP contribution in [0.2, 0.25) is 0 Å². The third kappa shape index (κ3) is 2.96. The Labute approximate surface area is 82.0 Å². The van der Waals surface area contributed by atoms with Crippen molar-refractivity contribution in [1.29, 1.82) is 0 Å². The maximum Gasteiger partial charge on any atom is 0.0468 e. The van der Waals surface area contributed by atoms with E-state index in [2.05, 4.69) is 19.2 Å². The molecule has 0 heterocycles. The number of ether oxygens (including phenoxy) is 1. The van der Waals surface area contributed by atoms with E-state index in [-0.39, 0.29) is 0 Å². The summed E-state index contributed by atoms with van der Waals surface area (Å²) in [6, 6.07) is 0.669. The van der Waals surface area contributed by atoms with Gasteiger partial charge in [-0.05, 0) is 44.6 Å². The first-order chi connectivity index (χ1) is 6.25. The molecule has 1 aliphatic rings. The summed E-state index contributed by atoms with van der Waals surface area (Å²) in [5.41, 5.74) is 0.575. The molecule has 1 N–H and O–H groups in total. The lowest BCUT2D eigenvalue weighted by Crippen LogP contribution is -2.36. The summed E-state index contributed by atoms with van der Waals surface area (Å²) in [5, 5.41) is 3.59. The highest BCUT2D eigenvalue weighted by atomic mass is 16.5. The highest BCUT2D eigenvalue weighted by Crippen LogP contribution is 2.51. The molecule has 0 aromatic rings. The van der Waals surface area contributed by atoms with Gasteiger partial charge in [-0.25, -0.2) is 0 Å². The van der Waals surface area contributed by atoms with Crippen molar-refractivity contribution < 1.29 is 4.74 Å². The Balaban J connectivity index is 2.23. The molecule has 0 bridgehead atoms. The number of rotatable bonds is 7. The van der Waals surface area contributed by atoms with Gasteiger partial charge in [-0.15, -0.1) is 0 Å². The first-order valence-electron chi connectivity index (χ1n) is 5.47. The Morgan fingerprint density at radius 3 is 2.62 bits per heavy atom. The SMILES string of the molecule is CCCNC(C)C1(CCOC)CC1. The fourth-order valence-corrected chi connectivity index (χ4v) is 1.94. The molecule has 0 aliphatic heterocycles. The summed E-state index contributed by atoms with van der Waals surface area (Å²) in [6.45, 7) is 6.60. The summed E-state index contributed by atoms with van der Waals surface area (Å²) in [5.74, 6) is 0. The lowest BCUT2D eigenvalue weighted by atomic mass is 9.94. The van der Waals surface area contributed by atoms with Crippen LogP contribution < -0.4 is 5.32 Å². The van der Waals surface area contributed by atoms with Crippen molar-refractivity contribution >= 4 is 0 Å². The molecule has 1 fully saturated rings. The molecule has 1 rings (SSSR count). The topological polar surface area (TPSA) is 21.3 Å². The van der Waals surface area contributed by atoms with Crippen molar-refractivity contribution in [1.82, 2.24) is 5.32 Å². The van der Waals surface area contributed by atoms with Gasteiger partial charge in [0.15, 0.2) is 0 Å². The smallest absolute Gasteiger partial charge is 0.0468 e. The van der Waals surface area contributed by atoms with E-state index < -0.39 is 0 Å². The van der Waals surface area contributed by atoms with Gasteiger partial charge in [0.1, 0.15) is 0 Å². The second-order valence-electron chi connectivity index (χ2n) is 4.28. The van der Waals surface area contributed by atoms with Gasteiger partial charge >= 0.3 is 0 Å². The molecular weight excluding hydrogens is 162 g/mol. The van der Waals surface area contributed by atoms with Crippen LogP contribution in [0.25, 0.3) is 0 Å². The second-order valence-corrected chi connectivity index (χ2v) is 4.28. The fraction of sp³-hybridized carbons (Fsp3) is 1.00. The first kappa shape index (κ1) is 11.0. The zero-order valence-electron chi connectivity index (χ0n) is 9.23. The van der Waals surface area contributed by atoms with Crippen LogP contribution in [-0.2, 0) is 4.74 Å². The Morgan fingerprint density at radius 2 is 2.15 bits per heavy atom. The van der Waals surface area contributed by atoms with E-state index in [0.29, 0.717) is 11.5 Å². The molecule has 0 spiro atoms. The Morgan fingerprint density at radius 1 is 1.46 bits per heavy atom. The molecular formula is C11H23NO. The Hall–Kier alpha value is -0.0800. The molecule has 0 aromatic heterocycles. The van der Waals surface area contributed by atoms with Crippen molar-refractivity contribution in [2.45, 2.75) is 45.6 Å². The predicted molar refractivity (Wildman–Crippen MR) is 55.9 cm³/mol. The molecule has 1 unspecified atom stereocenters. The molecule has 2 heteroatoms. The van der Waals surface area contributed by atoms with Gasteiger partial charge in [0.25, 0.3) is 0 Å². The van der Waals surface area contributed by atoms with Gasteiger partial charge in [0, 0.05) is 19.8 Å². The third-order valence-corrected chi connectivity index (χ3v) is 3.32. The van der Waals surface area contributed by atoms with Gasteiger partial charge in [-0.3, -0.25) is 0 Å². The van der Waals surface area contributed by atoms with E-state index in [1.807, 2.05) is 0 Å². The van der Waals surface area contributed by atoms with Crippen LogP contribution in [0.1, 0.15) is 39.5 Å². The van der Waals surface area contributed by atoms with Crippen LogP contribution in [0.5, 0.6) is 0 Å². The van der Waals surface area contributed by atoms with Crippen LogP contribution in [0.15, 0.2) is 0 Å². The van der Waals surface area contributed by atoms with Crippen LogP contribution in [-0.4, -0.2) is 26.3 Å². The summed E-state index contributed by atoms with van der Waals surface area (Å²) < 4.78 is 5.14. The molecule has 0 aromatic carbocycles. The standard InChI is InChI=1S/C11H23NO/c1-4-8-12-10(2)11(5-6-11)7-9-13-3/h10,12H,4-9H2,1-3H3. The van der Waals surface area contributed by atoms with Crippen LogP contribution >= 0.6 is 0 Å². The molecule has 78 valence electrons. The number of hydrogen-bond acceptors (Lipinski definition) is 2. The lowest BCUT2D eigenvalue weighted by Gasteiger charge is -2.24. The molecule has 0 saturated heterocycles. The summed E-state index contributed by atoms with van der Waals surface area (Å²) in [7, 11) is 1.79. The second kappa shape index (κ2) is 4.97. The number of hydrogen-bond donors (Lipinski definition) is 1. The predicted octanol–water partition coefficient (Wildman–Crippen LogP) is 2.19. The minimum atomic E-state index is 0.575. The molecule has 2 nitrogen and oxygen atoms in total. The Bertz CT molecular complexity index is 143. The molecule has 1 saturated carbocycles. The number of methoxy groups -OCH3 is 1. The minimum Gasteiger partial charge on any atom is -0.385 e. The van der Waals surface area contributed by atoms with Gasteiger partial charge in [0.05, 0.1) is 0 Å². The normalized spacial score (nSPS) is 21.5. The van der Waals surface area contributed by atoms with Gasteiger partial charge in [0.2, 0.25) is 0 Å². The van der Waals surface area contributed by atoms with Crippen molar-refractivity contribution in [2.24, 2.45) is 5.41 Å². The van der Waals surface area contributed by atoms with Gasteiger partial charge in [-0.1, -0.05) is 6.92 Å². The molecule has 1 aliphatic carbocycles. The van der Waals surface area contributed by atoms with Crippen molar-refractivity contribution in [3.63, 3.8) is 0 Å². The largest absolute Gasteiger partial charge is 0.385 e. The van der Waals surface area contributed by atoms with Gasteiger partial charge < -0.3 is 10.1 Å². The van der Waals surface area contributed by atoms with E-state index in [9.17, 15) is 0 Å². The summed E-state index contributed by atoms with van der Waals surface area (Å²) in [4.78, 5) is 0. The Kier molecular flexibility index (Phi) is 4.20. The molecule has 0 amide bonds. The van der Waals surface area contributed by atoms with Crippen molar-refractivity contribution in [2.75, 3.05) is 20.3 Å². The van der Waals surface area contributed by atoms with Crippen molar-refractivity contribution in [3.05, 3.63) is 0 Å². The van der Waals surface area contributed by atoms with Crippen LogP contribution in [0, 0.1) is 5.41 Å². The highest BCUT2D eigenvalue weighted by Gasteiger charge is 2.46. The van der Waals surface area contributed by atoms with E-state index in [4.69, 9.17) is 4.74 Å². The lowest BCUT2D eigenvalue weighted by molar-refractivity contribution is 0.160. The fourth-order valence-electron chi connectivity index (χ4n) is 1.94.